The van der Waals surface area contributed by atoms with Crippen LogP contribution in [0.5, 0.6) is 0 Å². The third kappa shape index (κ3) is 3.12. The van der Waals surface area contributed by atoms with E-state index in [4.69, 9.17) is 0 Å². The van der Waals surface area contributed by atoms with Crippen LogP contribution in [-0.2, 0) is 9.53 Å². The smallest absolute Gasteiger partial charge is 0.316 e. The highest BCUT2D eigenvalue weighted by atomic mass is 32.2. The summed E-state index contributed by atoms with van der Waals surface area (Å²) in [5.74, 6) is -0.204. The van der Waals surface area contributed by atoms with Crippen molar-refractivity contribution in [2.75, 3.05) is 12.9 Å². The Bertz CT molecular complexity index is 720. The van der Waals surface area contributed by atoms with E-state index in [1.54, 1.807) is 4.57 Å². The molecule has 2 rings (SSSR count). The van der Waals surface area contributed by atoms with E-state index in [-0.39, 0.29) is 23.3 Å². The lowest BCUT2D eigenvalue weighted by atomic mass is 10.2. The summed E-state index contributed by atoms with van der Waals surface area (Å²) in [4.78, 5) is 31.5. The Kier molecular flexibility index (Phi) is 4.72. The molecule has 2 heterocycles. The van der Waals surface area contributed by atoms with Gasteiger partial charge in [-0.05, 0) is 26.3 Å². The molecule has 1 unspecified atom stereocenters. The van der Waals surface area contributed by atoms with E-state index < -0.39 is 0 Å². The van der Waals surface area contributed by atoms with E-state index in [0.717, 1.165) is 12.1 Å². The van der Waals surface area contributed by atoms with Gasteiger partial charge in [-0.3, -0.25) is 14.2 Å². The van der Waals surface area contributed by atoms with Crippen LogP contribution in [0.3, 0.4) is 0 Å². The molecule has 2 aromatic rings. The topological polar surface area (TPSA) is 77.0 Å². The zero-order chi connectivity index (χ0) is 15.6. The van der Waals surface area contributed by atoms with Crippen molar-refractivity contribution < 1.29 is 9.53 Å². The summed E-state index contributed by atoms with van der Waals surface area (Å²) in [6, 6.07) is 1.85. The van der Waals surface area contributed by atoms with Gasteiger partial charge in [-0.25, -0.2) is 4.98 Å². The van der Waals surface area contributed by atoms with Gasteiger partial charge in [-0.1, -0.05) is 18.7 Å². The van der Waals surface area contributed by atoms with Crippen molar-refractivity contribution in [1.29, 1.82) is 0 Å². The fraction of sp³-hybridized carbons (Fsp3) is 0.500. The fourth-order valence-electron chi connectivity index (χ4n) is 2.05. The number of nitrogens with one attached hydrogen (secondary N) is 1. The lowest BCUT2D eigenvalue weighted by Crippen LogP contribution is -2.26. The molecule has 0 spiro atoms. The molecule has 0 aliphatic carbocycles. The summed E-state index contributed by atoms with van der Waals surface area (Å²) < 4.78 is 6.28. The summed E-state index contributed by atoms with van der Waals surface area (Å²) in [5.41, 5.74) is 1.93. The van der Waals surface area contributed by atoms with Gasteiger partial charge in [-0.2, -0.15) is 0 Å². The number of ether oxygens (including phenoxy) is 1. The lowest BCUT2D eigenvalue weighted by molar-refractivity contribution is -0.137. The van der Waals surface area contributed by atoms with Gasteiger partial charge >= 0.3 is 5.97 Å². The lowest BCUT2D eigenvalue weighted by Gasteiger charge is -2.17. The molecule has 1 atom stereocenters. The maximum atomic E-state index is 12.6. The number of methoxy groups -OCH3 is 1. The van der Waals surface area contributed by atoms with E-state index in [9.17, 15) is 9.59 Å². The quantitative estimate of drug-likeness (QED) is 0.521. The molecule has 0 amide bonds. The number of nitrogens with zero attached hydrogens (tertiary/aromatic N) is 2. The monoisotopic (exact) mass is 309 g/mol. The molecule has 0 aromatic carbocycles. The summed E-state index contributed by atoms with van der Waals surface area (Å²) in [6.07, 6.45) is 0.804. The summed E-state index contributed by atoms with van der Waals surface area (Å²) in [6.45, 7) is 5.86. The van der Waals surface area contributed by atoms with Crippen molar-refractivity contribution in [2.45, 2.75) is 38.4 Å². The fourth-order valence-corrected chi connectivity index (χ4v) is 2.98. The SMILES string of the molecule is CCC(C)n1c(SCC(=O)OC)nc2cc(C)[nH]c2c1=O. The molecule has 114 valence electrons. The van der Waals surface area contributed by atoms with Crippen LogP contribution in [0.25, 0.3) is 11.0 Å². The Hall–Kier alpha value is -1.76. The second-order valence-electron chi connectivity index (χ2n) is 4.90. The molecule has 21 heavy (non-hydrogen) atoms. The van der Waals surface area contributed by atoms with E-state index >= 15 is 0 Å². The van der Waals surface area contributed by atoms with Crippen LogP contribution in [0.1, 0.15) is 32.0 Å². The van der Waals surface area contributed by atoms with Gasteiger partial charge in [-0.15, -0.1) is 0 Å². The highest BCUT2D eigenvalue weighted by Crippen LogP contribution is 2.22. The zero-order valence-electron chi connectivity index (χ0n) is 12.6. The molecule has 1 N–H and O–H groups in total. The Balaban J connectivity index is 2.54. The Morgan fingerprint density at radius 1 is 1.57 bits per heavy atom. The van der Waals surface area contributed by atoms with Gasteiger partial charge in [0.2, 0.25) is 0 Å². The Morgan fingerprint density at radius 3 is 2.90 bits per heavy atom. The standard InChI is InChI=1S/C14H19N3O3S/c1-5-9(3)17-13(19)12-10(6-8(2)15-12)16-14(17)21-7-11(18)20-4/h6,9,15H,5,7H2,1-4H3. The van der Waals surface area contributed by atoms with Crippen LogP contribution < -0.4 is 5.56 Å². The third-order valence-corrected chi connectivity index (χ3v) is 4.29. The van der Waals surface area contributed by atoms with Crippen molar-refractivity contribution in [3.8, 4) is 0 Å². The van der Waals surface area contributed by atoms with Crippen molar-refractivity contribution >= 4 is 28.8 Å². The van der Waals surface area contributed by atoms with Crippen molar-refractivity contribution in [3.05, 3.63) is 22.1 Å². The van der Waals surface area contributed by atoms with Crippen LogP contribution in [0.2, 0.25) is 0 Å². The second-order valence-corrected chi connectivity index (χ2v) is 5.85. The number of fused-ring (bicyclic) bond motifs is 1. The maximum absolute atomic E-state index is 12.6. The minimum absolute atomic E-state index is 0.0122. The molecule has 6 nitrogen and oxygen atoms in total. The van der Waals surface area contributed by atoms with E-state index in [0.29, 0.717) is 16.2 Å². The van der Waals surface area contributed by atoms with Gasteiger partial charge in [0.25, 0.3) is 5.56 Å². The molecule has 0 aliphatic heterocycles. The molecule has 0 saturated heterocycles. The highest BCUT2D eigenvalue weighted by Gasteiger charge is 2.17. The number of aromatic nitrogens is 3. The summed E-state index contributed by atoms with van der Waals surface area (Å²) >= 11 is 1.23. The molecule has 7 heteroatoms. The van der Waals surface area contributed by atoms with Gasteiger partial charge < -0.3 is 9.72 Å². The molecule has 0 radical (unpaired) electrons. The predicted octanol–water partition coefficient (Wildman–Crippen LogP) is 2.27. The number of aryl methyl sites for hydroxylation is 1. The van der Waals surface area contributed by atoms with Crippen LogP contribution >= 0.6 is 11.8 Å². The van der Waals surface area contributed by atoms with Crippen LogP contribution in [-0.4, -0.2) is 33.4 Å². The minimum atomic E-state index is -0.338. The average molecular weight is 309 g/mol. The number of esters is 1. The van der Waals surface area contributed by atoms with E-state index in [1.807, 2.05) is 26.8 Å². The molecule has 0 fully saturated rings. The van der Waals surface area contributed by atoms with E-state index in [2.05, 4.69) is 14.7 Å². The number of hydrogen-bond acceptors (Lipinski definition) is 5. The molecule has 0 bridgehead atoms. The molecule has 0 saturated carbocycles. The minimum Gasteiger partial charge on any atom is -0.468 e. The largest absolute Gasteiger partial charge is 0.468 e. The maximum Gasteiger partial charge on any atom is 0.316 e. The first-order valence-electron chi connectivity index (χ1n) is 6.79. The van der Waals surface area contributed by atoms with Gasteiger partial charge in [0.15, 0.2) is 5.16 Å². The van der Waals surface area contributed by atoms with Gasteiger partial charge in [0.1, 0.15) is 5.52 Å². The number of rotatable bonds is 5. The number of carbonyl (C=O) groups is 1. The zero-order valence-corrected chi connectivity index (χ0v) is 13.4. The van der Waals surface area contributed by atoms with Gasteiger partial charge in [0.05, 0.1) is 18.4 Å². The van der Waals surface area contributed by atoms with E-state index in [1.165, 1.54) is 18.9 Å². The average Bonchev–Trinajstić information content (AvgIpc) is 2.84. The number of carbonyl (C=O) groups excluding carboxylic acids is 1. The first kappa shape index (κ1) is 15.6. The van der Waals surface area contributed by atoms with Crippen LogP contribution in [0, 0.1) is 6.92 Å². The van der Waals surface area contributed by atoms with Crippen molar-refractivity contribution in [2.24, 2.45) is 0 Å². The van der Waals surface area contributed by atoms with Crippen LogP contribution in [0.4, 0.5) is 0 Å². The predicted molar refractivity (Wildman–Crippen MR) is 82.8 cm³/mol. The van der Waals surface area contributed by atoms with Crippen molar-refractivity contribution in [1.82, 2.24) is 14.5 Å². The Labute approximate surface area is 126 Å². The number of thioether (sulfide) groups is 1. The highest BCUT2D eigenvalue weighted by molar-refractivity contribution is 7.99. The first-order valence-corrected chi connectivity index (χ1v) is 7.78. The Morgan fingerprint density at radius 2 is 2.29 bits per heavy atom. The molecule has 0 aliphatic rings. The third-order valence-electron chi connectivity index (χ3n) is 3.36. The first-order chi connectivity index (χ1) is 9.97. The number of hydrogen-bond donors (Lipinski definition) is 1. The normalized spacial score (nSPS) is 12.6. The number of H-pyrrole nitrogens is 1. The van der Waals surface area contributed by atoms with Crippen molar-refractivity contribution in [3.63, 3.8) is 0 Å². The number of aromatic amines is 1. The molecular formula is C14H19N3O3S. The molecule has 2 aromatic heterocycles. The summed E-state index contributed by atoms with van der Waals surface area (Å²) in [7, 11) is 1.34. The van der Waals surface area contributed by atoms with Gasteiger partial charge in [0, 0.05) is 11.7 Å². The summed E-state index contributed by atoms with van der Waals surface area (Å²) in [5, 5.41) is 0.547. The second kappa shape index (κ2) is 6.34. The van der Waals surface area contributed by atoms with Crippen LogP contribution in [0.15, 0.2) is 16.0 Å². The molecular weight excluding hydrogens is 290 g/mol.